The van der Waals surface area contributed by atoms with Gasteiger partial charge in [-0.05, 0) is 62.4 Å². The van der Waals surface area contributed by atoms with Gasteiger partial charge in [0, 0.05) is 12.1 Å². The highest BCUT2D eigenvalue weighted by Gasteiger charge is 2.28. The van der Waals surface area contributed by atoms with E-state index in [0.717, 1.165) is 9.87 Å². The van der Waals surface area contributed by atoms with Crippen LogP contribution in [0.4, 0.5) is 11.4 Å². The number of sulfonamides is 1. The molecule has 1 amide bonds. The Balaban J connectivity index is 1.69. The van der Waals surface area contributed by atoms with Gasteiger partial charge >= 0.3 is 0 Å². The molecule has 0 saturated heterocycles. The average Bonchev–Trinajstić information content (AvgIpc) is 3.07. The highest BCUT2D eigenvalue weighted by atomic mass is 35.5. The molecule has 0 aliphatic heterocycles. The van der Waals surface area contributed by atoms with Crippen LogP contribution in [0.3, 0.4) is 0 Å². The molecule has 0 atom stereocenters. The second kappa shape index (κ2) is 10.0. The maximum absolute atomic E-state index is 13.5. The van der Waals surface area contributed by atoms with Crippen molar-refractivity contribution in [3.8, 4) is 5.69 Å². The number of halogens is 1. The Hall–Kier alpha value is -3.82. The lowest BCUT2D eigenvalue weighted by atomic mass is 10.2. The van der Waals surface area contributed by atoms with Gasteiger partial charge in [0.25, 0.3) is 15.6 Å². The summed E-state index contributed by atoms with van der Waals surface area (Å²) in [5, 5.41) is 3.02. The number of carbonyl (C=O) groups is 1. The van der Waals surface area contributed by atoms with Crippen LogP contribution in [0.1, 0.15) is 11.3 Å². The molecule has 0 fully saturated rings. The Morgan fingerprint density at radius 3 is 2.17 bits per heavy atom. The zero-order chi connectivity index (χ0) is 26.0. The topological polar surface area (TPSA) is 93.4 Å². The molecule has 4 aromatic rings. The number of amides is 1. The van der Waals surface area contributed by atoms with Crippen molar-refractivity contribution in [3.63, 3.8) is 0 Å². The summed E-state index contributed by atoms with van der Waals surface area (Å²) in [4.78, 5) is 26.3. The molecule has 8 nitrogen and oxygen atoms in total. The van der Waals surface area contributed by atoms with Crippen molar-refractivity contribution in [2.24, 2.45) is 7.05 Å². The number of nitrogens with one attached hydrogen (secondary N) is 1. The van der Waals surface area contributed by atoms with Crippen LogP contribution in [-0.2, 0) is 21.9 Å². The van der Waals surface area contributed by atoms with Gasteiger partial charge in [-0.2, -0.15) is 0 Å². The third-order valence-corrected chi connectivity index (χ3v) is 7.87. The minimum Gasteiger partial charge on any atom is -0.318 e. The second-order valence-corrected chi connectivity index (χ2v) is 10.6. The van der Waals surface area contributed by atoms with Crippen LogP contribution in [0.5, 0.6) is 0 Å². The monoisotopic (exact) mass is 524 g/mol. The van der Waals surface area contributed by atoms with E-state index >= 15 is 0 Å². The van der Waals surface area contributed by atoms with E-state index in [-0.39, 0.29) is 10.6 Å². The number of para-hydroxylation sites is 1. The molecule has 3 aromatic carbocycles. The Morgan fingerprint density at radius 2 is 1.56 bits per heavy atom. The first kappa shape index (κ1) is 25.3. The number of hydrogen-bond donors (Lipinski definition) is 1. The van der Waals surface area contributed by atoms with Crippen molar-refractivity contribution in [1.82, 2.24) is 9.36 Å². The number of hydrogen-bond acceptors (Lipinski definition) is 4. The number of benzene rings is 3. The van der Waals surface area contributed by atoms with E-state index in [1.54, 1.807) is 55.1 Å². The number of aromatic nitrogens is 2. The summed E-state index contributed by atoms with van der Waals surface area (Å²) >= 11 is 5.93. The summed E-state index contributed by atoms with van der Waals surface area (Å²) in [6.07, 6.45) is 0. The normalized spacial score (nSPS) is 11.3. The van der Waals surface area contributed by atoms with Crippen molar-refractivity contribution in [2.75, 3.05) is 16.2 Å². The first-order chi connectivity index (χ1) is 17.1. The van der Waals surface area contributed by atoms with Crippen LogP contribution < -0.4 is 15.2 Å². The zero-order valence-corrected chi connectivity index (χ0v) is 21.5. The van der Waals surface area contributed by atoms with Crippen LogP contribution in [-0.4, -0.2) is 30.2 Å². The van der Waals surface area contributed by atoms with Crippen molar-refractivity contribution in [3.05, 3.63) is 105 Å². The van der Waals surface area contributed by atoms with Gasteiger partial charge in [0.1, 0.15) is 12.2 Å². The number of nitrogens with zero attached hydrogens (tertiary/aromatic N) is 3. The van der Waals surface area contributed by atoms with Gasteiger partial charge in [0.2, 0.25) is 5.91 Å². The fourth-order valence-electron chi connectivity index (χ4n) is 3.78. The molecule has 0 aliphatic rings. The third-order valence-electron chi connectivity index (χ3n) is 5.83. The first-order valence-electron chi connectivity index (χ1n) is 11.1. The van der Waals surface area contributed by atoms with Crippen molar-refractivity contribution >= 4 is 38.9 Å². The third kappa shape index (κ3) is 4.93. The smallest absolute Gasteiger partial charge is 0.295 e. The van der Waals surface area contributed by atoms with E-state index in [1.165, 1.54) is 28.9 Å². The van der Waals surface area contributed by atoms with Crippen molar-refractivity contribution in [1.29, 1.82) is 0 Å². The Morgan fingerprint density at radius 1 is 0.944 bits per heavy atom. The standard InChI is InChI=1S/C26H25ClN4O4S/c1-18-9-13-21(14-10-18)30(36(34,35)23-15-11-20(27)12-16-23)17-24(32)28-25-19(2)29(3)31(26(25)33)22-7-5-4-6-8-22/h4-16H,17H2,1-3H3,(H,28,32). The number of carbonyl (C=O) groups excluding carboxylic acids is 1. The molecular formula is C26H25ClN4O4S. The second-order valence-electron chi connectivity index (χ2n) is 8.29. The Kier molecular flexibility index (Phi) is 7.05. The van der Waals surface area contributed by atoms with Gasteiger partial charge in [-0.1, -0.05) is 47.5 Å². The van der Waals surface area contributed by atoms with Crippen molar-refractivity contribution in [2.45, 2.75) is 18.7 Å². The van der Waals surface area contributed by atoms with Gasteiger partial charge in [-0.3, -0.25) is 18.6 Å². The summed E-state index contributed by atoms with van der Waals surface area (Å²) in [5.74, 6) is -0.654. The van der Waals surface area contributed by atoms with E-state index in [0.29, 0.717) is 22.1 Å². The molecule has 10 heteroatoms. The fourth-order valence-corrected chi connectivity index (χ4v) is 5.33. The lowest BCUT2D eigenvalue weighted by molar-refractivity contribution is -0.114. The maximum atomic E-state index is 13.5. The largest absolute Gasteiger partial charge is 0.318 e. The highest BCUT2D eigenvalue weighted by Crippen LogP contribution is 2.25. The summed E-state index contributed by atoms with van der Waals surface area (Å²) in [6, 6.07) is 21.5. The van der Waals surface area contributed by atoms with Gasteiger partial charge in [-0.25, -0.2) is 13.1 Å². The van der Waals surface area contributed by atoms with Gasteiger partial charge in [-0.15, -0.1) is 0 Å². The molecule has 1 heterocycles. The molecule has 0 unspecified atom stereocenters. The van der Waals surface area contributed by atoms with E-state index in [9.17, 15) is 18.0 Å². The molecule has 0 saturated carbocycles. The fraction of sp³-hybridized carbons (Fsp3) is 0.154. The minimum absolute atomic E-state index is 0.0115. The first-order valence-corrected chi connectivity index (χ1v) is 12.9. The van der Waals surface area contributed by atoms with Gasteiger partial charge < -0.3 is 5.32 Å². The summed E-state index contributed by atoms with van der Waals surface area (Å²) in [7, 11) is -2.40. The molecule has 0 aliphatic carbocycles. The van der Waals surface area contributed by atoms with Crippen LogP contribution >= 0.6 is 11.6 Å². The van der Waals surface area contributed by atoms with E-state index < -0.39 is 28.0 Å². The van der Waals surface area contributed by atoms with E-state index in [1.807, 2.05) is 25.1 Å². The van der Waals surface area contributed by atoms with Gasteiger partial charge in [0.15, 0.2) is 0 Å². The van der Waals surface area contributed by atoms with E-state index in [2.05, 4.69) is 5.32 Å². The predicted octanol–water partition coefficient (Wildman–Crippen LogP) is 4.28. The van der Waals surface area contributed by atoms with Gasteiger partial charge in [0.05, 0.1) is 22.0 Å². The number of rotatable bonds is 7. The molecule has 1 aromatic heterocycles. The molecule has 1 N–H and O–H groups in total. The zero-order valence-electron chi connectivity index (χ0n) is 20.0. The van der Waals surface area contributed by atoms with Crippen LogP contribution in [0.15, 0.2) is 88.6 Å². The Labute approximate surface area is 214 Å². The molecule has 4 rings (SSSR count). The molecular weight excluding hydrogens is 500 g/mol. The summed E-state index contributed by atoms with van der Waals surface area (Å²) in [5.41, 5.74) is 2.08. The minimum atomic E-state index is -4.11. The van der Waals surface area contributed by atoms with E-state index in [4.69, 9.17) is 11.6 Å². The number of aryl methyl sites for hydroxylation is 1. The molecule has 186 valence electrons. The van der Waals surface area contributed by atoms with Crippen LogP contribution in [0, 0.1) is 13.8 Å². The average molecular weight is 525 g/mol. The quantitative estimate of drug-likeness (QED) is 0.390. The predicted molar refractivity (Wildman–Crippen MR) is 142 cm³/mol. The SMILES string of the molecule is Cc1ccc(N(CC(=O)Nc2c(C)n(C)n(-c3ccccc3)c2=O)S(=O)(=O)c2ccc(Cl)cc2)cc1. The maximum Gasteiger partial charge on any atom is 0.295 e. The lowest BCUT2D eigenvalue weighted by Crippen LogP contribution is -2.38. The number of anilines is 2. The molecule has 0 spiro atoms. The lowest BCUT2D eigenvalue weighted by Gasteiger charge is -2.24. The summed E-state index contributed by atoms with van der Waals surface area (Å²) in [6.45, 7) is 3.05. The Bertz CT molecular complexity index is 1560. The summed E-state index contributed by atoms with van der Waals surface area (Å²) < 4.78 is 31.1. The highest BCUT2D eigenvalue weighted by molar-refractivity contribution is 7.92. The molecule has 36 heavy (non-hydrogen) atoms. The van der Waals surface area contributed by atoms with Crippen LogP contribution in [0.25, 0.3) is 5.69 Å². The van der Waals surface area contributed by atoms with Crippen LogP contribution in [0.2, 0.25) is 5.02 Å². The molecule has 0 bridgehead atoms. The van der Waals surface area contributed by atoms with Crippen molar-refractivity contribution < 1.29 is 13.2 Å². The molecule has 0 radical (unpaired) electrons.